The van der Waals surface area contributed by atoms with E-state index in [1.165, 1.54) is 0 Å². The molecule has 0 fully saturated rings. The Morgan fingerprint density at radius 1 is 1.17 bits per heavy atom. The maximum absolute atomic E-state index is 12.2. The van der Waals surface area contributed by atoms with E-state index in [-0.39, 0.29) is 6.42 Å². The normalized spacial score (nSPS) is 11.6. The van der Waals surface area contributed by atoms with Crippen LogP contribution in [0.5, 0.6) is 5.75 Å². The van der Waals surface area contributed by atoms with Crippen molar-refractivity contribution in [3.05, 3.63) is 64.7 Å². The summed E-state index contributed by atoms with van der Waals surface area (Å²) in [5.41, 5.74) is 6.55. The molecule has 0 aliphatic heterocycles. The fourth-order valence-electron chi connectivity index (χ4n) is 2.10. The number of carbonyl (C=O) groups excluding carboxylic acids is 2. The fraction of sp³-hybridized carbons (Fsp3) is 0.176. The number of nitrogens with one attached hydrogen (secondary N) is 1. The zero-order chi connectivity index (χ0) is 16.8. The minimum atomic E-state index is -0.827. The first-order valence-electron chi connectivity index (χ1n) is 6.99. The van der Waals surface area contributed by atoms with Crippen LogP contribution in [0, 0.1) is 0 Å². The van der Waals surface area contributed by atoms with Gasteiger partial charge in [-0.05, 0) is 29.8 Å². The van der Waals surface area contributed by atoms with Gasteiger partial charge in [0.2, 0.25) is 5.91 Å². The van der Waals surface area contributed by atoms with Gasteiger partial charge < -0.3 is 15.8 Å². The monoisotopic (exact) mass is 332 g/mol. The number of hydrogen-bond acceptors (Lipinski definition) is 3. The van der Waals surface area contributed by atoms with Gasteiger partial charge in [-0.15, -0.1) is 0 Å². The van der Waals surface area contributed by atoms with Crippen molar-refractivity contribution in [2.24, 2.45) is 5.73 Å². The number of benzene rings is 2. The van der Waals surface area contributed by atoms with Crippen LogP contribution in [0.15, 0.2) is 48.5 Å². The lowest BCUT2D eigenvalue weighted by Crippen LogP contribution is -2.45. The molecular weight excluding hydrogens is 316 g/mol. The molecule has 0 spiro atoms. The number of amides is 2. The summed E-state index contributed by atoms with van der Waals surface area (Å²) in [7, 11) is 1.57. The molecule has 2 rings (SSSR count). The highest BCUT2D eigenvalue weighted by Crippen LogP contribution is 2.16. The van der Waals surface area contributed by atoms with E-state index >= 15 is 0 Å². The van der Waals surface area contributed by atoms with Crippen molar-refractivity contribution in [3.8, 4) is 5.75 Å². The largest absolute Gasteiger partial charge is 0.497 e. The molecule has 0 aromatic heterocycles. The Kier molecular flexibility index (Phi) is 5.60. The van der Waals surface area contributed by atoms with E-state index in [2.05, 4.69) is 5.32 Å². The maximum atomic E-state index is 12.2. The number of ether oxygens (including phenoxy) is 1. The summed E-state index contributed by atoms with van der Waals surface area (Å²) in [5.74, 6) is -0.335. The standard InChI is InChI=1S/C17H17ClN2O3/c1-23-12-8-6-11(7-9-12)10-15(16(19)21)20-17(22)13-4-2-3-5-14(13)18/h2-9,15H,10H2,1H3,(H2,19,21)(H,20,22)/t15-/m0/s1. The number of hydrogen-bond donors (Lipinski definition) is 2. The first-order valence-corrected chi connectivity index (χ1v) is 7.36. The van der Waals surface area contributed by atoms with Crippen molar-refractivity contribution in [3.63, 3.8) is 0 Å². The minimum Gasteiger partial charge on any atom is -0.497 e. The molecule has 0 saturated carbocycles. The lowest BCUT2D eigenvalue weighted by atomic mass is 10.0. The highest BCUT2D eigenvalue weighted by Gasteiger charge is 2.20. The number of carbonyl (C=O) groups is 2. The molecule has 1 atom stereocenters. The molecule has 0 aliphatic rings. The Hall–Kier alpha value is -2.53. The zero-order valence-electron chi connectivity index (χ0n) is 12.6. The van der Waals surface area contributed by atoms with E-state index in [9.17, 15) is 9.59 Å². The van der Waals surface area contributed by atoms with E-state index in [0.29, 0.717) is 16.3 Å². The van der Waals surface area contributed by atoms with Crippen LogP contribution in [0.4, 0.5) is 0 Å². The van der Waals surface area contributed by atoms with Crippen molar-refractivity contribution >= 4 is 23.4 Å². The van der Waals surface area contributed by atoms with Crippen molar-refractivity contribution in [2.75, 3.05) is 7.11 Å². The summed E-state index contributed by atoms with van der Waals surface area (Å²) in [6.45, 7) is 0. The van der Waals surface area contributed by atoms with Crippen molar-refractivity contribution in [1.82, 2.24) is 5.32 Å². The van der Waals surface area contributed by atoms with Gasteiger partial charge in [0.1, 0.15) is 11.8 Å². The Balaban J connectivity index is 2.11. The molecule has 0 bridgehead atoms. The van der Waals surface area contributed by atoms with Crippen molar-refractivity contribution in [1.29, 1.82) is 0 Å². The van der Waals surface area contributed by atoms with Crippen LogP contribution in [0.2, 0.25) is 5.02 Å². The third kappa shape index (κ3) is 4.47. The first kappa shape index (κ1) is 16.8. The number of halogens is 1. The summed E-state index contributed by atoms with van der Waals surface area (Å²) in [5, 5.41) is 2.94. The van der Waals surface area contributed by atoms with Gasteiger partial charge in [0.15, 0.2) is 0 Å². The Bertz CT molecular complexity index is 701. The zero-order valence-corrected chi connectivity index (χ0v) is 13.3. The van der Waals surface area contributed by atoms with Crippen LogP contribution < -0.4 is 15.8 Å². The smallest absolute Gasteiger partial charge is 0.253 e. The molecule has 2 aromatic carbocycles. The van der Waals surface area contributed by atoms with Gasteiger partial charge in [0.05, 0.1) is 17.7 Å². The van der Waals surface area contributed by atoms with E-state index in [1.54, 1.807) is 43.5 Å². The van der Waals surface area contributed by atoms with Crippen LogP contribution in [-0.4, -0.2) is 25.0 Å². The molecule has 0 unspecified atom stereocenters. The summed E-state index contributed by atoms with van der Waals surface area (Å²) in [6.07, 6.45) is 0.287. The molecule has 3 N–H and O–H groups in total. The highest BCUT2D eigenvalue weighted by molar-refractivity contribution is 6.33. The van der Waals surface area contributed by atoms with E-state index in [0.717, 1.165) is 5.56 Å². The van der Waals surface area contributed by atoms with Crippen molar-refractivity contribution < 1.29 is 14.3 Å². The molecular formula is C17H17ClN2O3. The summed E-state index contributed by atoms with van der Waals surface area (Å²) in [4.78, 5) is 23.9. The average molecular weight is 333 g/mol. The third-order valence-electron chi connectivity index (χ3n) is 3.37. The molecule has 2 aromatic rings. The summed E-state index contributed by atoms with van der Waals surface area (Å²) >= 11 is 5.98. The predicted octanol–water partition coefficient (Wildman–Crippen LogP) is 2.17. The van der Waals surface area contributed by atoms with Gasteiger partial charge >= 0.3 is 0 Å². The van der Waals surface area contributed by atoms with Gasteiger partial charge in [-0.3, -0.25) is 9.59 Å². The van der Waals surface area contributed by atoms with Crippen LogP contribution in [0.3, 0.4) is 0 Å². The lowest BCUT2D eigenvalue weighted by molar-refractivity contribution is -0.119. The lowest BCUT2D eigenvalue weighted by Gasteiger charge is -2.16. The van der Waals surface area contributed by atoms with Crippen LogP contribution in [-0.2, 0) is 11.2 Å². The number of methoxy groups -OCH3 is 1. The second-order valence-electron chi connectivity index (χ2n) is 4.96. The predicted molar refractivity (Wildman–Crippen MR) is 88.6 cm³/mol. The number of rotatable bonds is 6. The highest BCUT2D eigenvalue weighted by atomic mass is 35.5. The Morgan fingerprint density at radius 2 is 1.83 bits per heavy atom. The molecule has 0 aliphatic carbocycles. The second kappa shape index (κ2) is 7.65. The molecule has 0 saturated heterocycles. The Labute approximate surface area is 139 Å². The molecule has 120 valence electrons. The van der Waals surface area contributed by atoms with Gasteiger partial charge in [-0.25, -0.2) is 0 Å². The summed E-state index contributed by atoms with van der Waals surface area (Å²) in [6, 6.07) is 13.0. The molecule has 6 heteroatoms. The average Bonchev–Trinajstić information content (AvgIpc) is 2.55. The molecule has 5 nitrogen and oxygen atoms in total. The second-order valence-corrected chi connectivity index (χ2v) is 5.37. The SMILES string of the molecule is COc1ccc(C[C@H](NC(=O)c2ccccc2Cl)C(N)=O)cc1. The minimum absolute atomic E-state index is 0.287. The molecule has 23 heavy (non-hydrogen) atoms. The van der Waals surface area contributed by atoms with Crippen LogP contribution >= 0.6 is 11.6 Å². The third-order valence-corrected chi connectivity index (χ3v) is 3.70. The fourth-order valence-corrected chi connectivity index (χ4v) is 2.32. The van der Waals surface area contributed by atoms with Gasteiger partial charge in [-0.1, -0.05) is 35.9 Å². The van der Waals surface area contributed by atoms with E-state index in [1.807, 2.05) is 12.1 Å². The molecule has 2 amide bonds. The molecule has 0 heterocycles. The summed E-state index contributed by atoms with van der Waals surface area (Å²) < 4.78 is 5.08. The topological polar surface area (TPSA) is 81.4 Å². The van der Waals surface area contributed by atoms with Gasteiger partial charge in [0.25, 0.3) is 5.91 Å². The van der Waals surface area contributed by atoms with Crippen molar-refractivity contribution in [2.45, 2.75) is 12.5 Å². The number of primary amides is 1. The van der Waals surface area contributed by atoms with Crippen LogP contribution in [0.1, 0.15) is 15.9 Å². The van der Waals surface area contributed by atoms with Crippen LogP contribution in [0.25, 0.3) is 0 Å². The van der Waals surface area contributed by atoms with Gasteiger partial charge in [0, 0.05) is 6.42 Å². The quantitative estimate of drug-likeness (QED) is 0.850. The molecule has 0 radical (unpaired) electrons. The Morgan fingerprint density at radius 3 is 2.39 bits per heavy atom. The van der Waals surface area contributed by atoms with E-state index in [4.69, 9.17) is 22.1 Å². The first-order chi connectivity index (χ1) is 11.0. The van der Waals surface area contributed by atoms with Gasteiger partial charge in [-0.2, -0.15) is 0 Å². The number of nitrogens with two attached hydrogens (primary N) is 1. The van der Waals surface area contributed by atoms with E-state index < -0.39 is 17.9 Å². The maximum Gasteiger partial charge on any atom is 0.253 e.